The summed E-state index contributed by atoms with van der Waals surface area (Å²) in [4.78, 5) is 12.1. The Balaban J connectivity index is 1.63. The van der Waals surface area contributed by atoms with Crippen molar-refractivity contribution in [2.75, 3.05) is 13.1 Å². The molecule has 0 unspecified atom stereocenters. The highest BCUT2D eigenvalue weighted by molar-refractivity contribution is 5.93. The lowest BCUT2D eigenvalue weighted by Gasteiger charge is -2.19. The lowest BCUT2D eigenvalue weighted by molar-refractivity contribution is 0.0694. The Kier molecular flexibility index (Phi) is 7.71. The maximum absolute atomic E-state index is 12.1. The number of ether oxygens (including phenoxy) is 1. The molecule has 0 heterocycles. The molecule has 0 fully saturated rings. The van der Waals surface area contributed by atoms with Crippen molar-refractivity contribution < 1.29 is 19.7 Å². The van der Waals surface area contributed by atoms with Gasteiger partial charge in [-0.15, -0.1) is 0 Å². The van der Waals surface area contributed by atoms with Gasteiger partial charge in [0.15, 0.2) is 0 Å². The average Bonchev–Trinajstić information content (AvgIpc) is 2.88. The summed E-state index contributed by atoms with van der Waals surface area (Å²) in [6, 6.07) is 32.0. The number of carboxylic acids is 1. The maximum Gasteiger partial charge on any atom is 0.339 e. The summed E-state index contributed by atoms with van der Waals surface area (Å²) in [5, 5.41) is 23.6. The molecule has 5 heteroatoms. The summed E-state index contributed by atoms with van der Waals surface area (Å²) < 4.78 is 6.15. The average molecular weight is 454 g/mol. The van der Waals surface area contributed by atoms with Gasteiger partial charge in [-0.3, -0.25) is 0 Å². The predicted molar refractivity (Wildman–Crippen MR) is 133 cm³/mol. The Morgan fingerprint density at radius 2 is 1.44 bits per heavy atom. The zero-order chi connectivity index (χ0) is 23.8. The number of hydrogen-bond donors (Lipinski definition) is 3. The molecule has 0 bridgehead atoms. The molecule has 0 aliphatic heterocycles. The largest absolute Gasteiger partial charge is 0.478 e. The van der Waals surface area contributed by atoms with Gasteiger partial charge in [0, 0.05) is 12.1 Å². The number of aliphatic hydroxyl groups excluding tert-OH is 1. The van der Waals surface area contributed by atoms with Crippen LogP contribution in [-0.4, -0.2) is 29.3 Å². The standard InChI is InChI=1S/C29H27NO4/c31-27(22-12-6-2-7-13-22)20-30-19-18-25-24(21-10-4-1-5-11-21)16-17-26(29(32)33)28(25)34-23-14-8-3-9-15-23/h1-17,27,30-31H,18-20H2,(H,32,33)/t27-/m0/s1. The highest BCUT2D eigenvalue weighted by Crippen LogP contribution is 2.37. The molecule has 0 saturated carbocycles. The molecule has 0 radical (unpaired) electrons. The van der Waals surface area contributed by atoms with Crippen molar-refractivity contribution in [3.8, 4) is 22.6 Å². The molecule has 0 aliphatic rings. The van der Waals surface area contributed by atoms with E-state index in [-0.39, 0.29) is 5.56 Å². The van der Waals surface area contributed by atoms with Crippen LogP contribution in [0, 0.1) is 0 Å². The molecule has 0 amide bonds. The van der Waals surface area contributed by atoms with E-state index in [2.05, 4.69) is 5.32 Å². The monoisotopic (exact) mass is 453 g/mol. The van der Waals surface area contributed by atoms with Crippen molar-refractivity contribution in [1.82, 2.24) is 5.32 Å². The molecule has 4 aromatic rings. The fourth-order valence-corrected chi connectivity index (χ4v) is 3.90. The van der Waals surface area contributed by atoms with Crippen molar-refractivity contribution in [2.24, 2.45) is 0 Å². The summed E-state index contributed by atoms with van der Waals surface area (Å²) in [7, 11) is 0. The van der Waals surface area contributed by atoms with Crippen molar-refractivity contribution in [1.29, 1.82) is 0 Å². The van der Waals surface area contributed by atoms with Gasteiger partial charge in [-0.1, -0.05) is 84.9 Å². The zero-order valence-corrected chi connectivity index (χ0v) is 18.7. The fourth-order valence-electron chi connectivity index (χ4n) is 3.90. The number of benzene rings is 4. The van der Waals surface area contributed by atoms with Crippen LogP contribution in [0.4, 0.5) is 0 Å². The lowest BCUT2D eigenvalue weighted by atomic mass is 9.94. The van der Waals surface area contributed by atoms with Gasteiger partial charge < -0.3 is 20.3 Å². The summed E-state index contributed by atoms with van der Waals surface area (Å²) >= 11 is 0. The van der Waals surface area contributed by atoms with Crippen molar-refractivity contribution >= 4 is 5.97 Å². The number of carbonyl (C=O) groups is 1. The van der Waals surface area contributed by atoms with Gasteiger partial charge in [0.2, 0.25) is 0 Å². The minimum Gasteiger partial charge on any atom is -0.478 e. The molecule has 0 aliphatic carbocycles. The SMILES string of the molecule is O=C(O)c1ccc(-c2ccccc2)c(CCNC[C@H](O)c2ccccc2)c1Oc1ccccc1. The number of carboxylic acid groups (broad SMARTS) is 1. The topological polar surface area (TPSA) is 78.8 Å². The Morgan fingerprint density at radius 1 is 0.824 bits per heavy atom. The summed E-state index contributed by atoms with van der Waals surface area (Å²) in [5.74, 6) is -0.131. The Labute approximate surface area is 199 Å². The third-order valence-corrected chi connectivity index (χ3v) is 5.61. The van der Waals surface area contributed by atoms with Crippen LogP contribution >= 0.6 is 0 Å². The number of nitrogens with one attached hydrogen (secondary N) is 1. The Morgan fingerprint density at radius 3 is 2.09 bits per heavy atom. The molecule has 172 valence electrons. The van der Waals surface area contributed by atoms with Gasteiger partial charge in [0.05, 0.1) is 6.10 Å². The first-order valence-electron chi connectivity index (χ1n) is 11.2. The fraction of sp³-hybridized carbons (Fsp3) is 0.138. The number of aromatic carboxylic acids is 1. The normalized spacial score (nSPS) is 11.7. The van der Waals surface area contributed by atoms with Crippen LogP contribution in [0.5, 0.6) is 11.5 Å². The van der Waals surface area contributed by atoms with E-state index in [1.54, 1.807) is 18.2 Å². The molecule has 5 nitrogen and oxygen atoms in total. The zero-order valence-electron chi connectivity index (χ0n) is 18.7. The second kappa shape index (κ2) is 11.3. The van der Waals surface area contributed by atoms with Gasteiger partial charge in [-0.05, 0) is 47.9 Å². The first-order valence-corrected chi connectivity index (χ1v) is 11.2. The van der Waals surface area contributed by atoms with E-state index in [1.807, 2.05) is 84.9 Å². The second-order valence-electron chi connectivity index (χ2n) is 7.94. The molecule has 34 heavy (non-hydrogen) atoms. The molecule has 4 aromatic carbocycles. The molecule has 4 rings (SSSR count). The van der Waals surface area contributed by atoms with Crippen LogP contribution in [0.2, 0.25) is 0 Å². The van der Waals surface area contributed by atoms with Crippen LogP contribution < -0.4 is 10.1 Å². The van der Waals surface area contributed by atoms with Crippen LogP contribution in [0.25, 0.3) is 11.1 Å². The highest BCUT2D eigenvalue weighted by Gasteiger charge is 2.21. The molecule has 0 aromatic heterocycles. The molecule has 1 atom stereocenters. The quantitative estimate of drug-likeness (QED) is 0.268. The van der Waals surface area contributed by atoms with E-state index in [0.717, 1.165) is 22.3 Å². The minimum atomic E-state index is -1.04. The van der Waals surface area contributed by atoms with Crippen LogP contribution in [0.15, 0.2) is 103 Å². The third kappa shape index (κ3) is 5.70. The number of rotatable bonds is 10. The van der Waals surface area contributed by atoms with Gasteiger partial charge in [0.25, 0.3) is 0 Å². The van der Waals surface area contributed by atoms with Crippen molar-refractivity contribution in [2.45, 2.75) is 12.5 Å². The minimum absolute atomic E-state index is 0.114. The predicted octanol–water partition coefficient (Wildman–Crippen LogP) is 5.71. The Hall–Kier alpha value is -3.93. The van der Waals surface area contributed by atoms with Gasteiger partial charge in [-0.25, -0.2) is 4.79 Å². The number of hydrogen-bond acceptors (Lipinski definition) is 4. The van der Waals surface area contributed by atoms with Gasteiger partial charge >= 0.3 is 5.97 Å². The first kappa shape index (κ1) is 23.2. The van der Waals surface area contributed by atoms with Crippen LogP contribution in [0.3, 0.4) is 0 Å². The molecular formula is C29H27NO4. The number of para-hydroxylation sites is 1. The molecule has 3 N–H and O–H groups in total. The van der Waals surface area contributed by atoms with E-state index >= 15 is 0 Å². The van der Waals surface area contributed by atoms with Crippen LogP contribution in [0.1, 0.15) is 27.6 Å². The van der Waals surface area contributed by atoms with E-state index in [1.165, 1.54) is 0 Å². The summed E-state index contributed by atoms with van der Waals surface area (Å²) in [6.45, 7) is 0.927. The van der Waals surface area contributed by atoms with E-state index in [4.69, 9.17) is 4.74 Å². The van der Waals surface area contributed by atoms with E-state index < -0.39 is 12.1 Å². The highest BCUT2D eigenvalue weighted by atomic mass is 16.5. The molecular weight excluding hydrogens is 426 g/mol. The van der Waals surface area contributed by atoms with Crippen LogP contribution in [-0.2, 0) is 6.42 Å². The summed E-state index contributed by atoms with van der Waals surface area (Å²) in [6.07, 6.45) is -0.102. The molecule has 0 spiro atoms. The second-order valence-corrected chi connectivity index (χ2v) is 7.94. The van der Waals surface area contributed by atoms with Crippen molar-refractivity contribution in [3.05, 3.63) is 120 Å². The Bertz CT molecular complexity index is 1210. The van der Waals surface area contributed by atoms with Gasteiger partial charge in [0.1, 0.15) is 17.1 Å². The lowest BCUT2D eigenvalue weighted by Crippen LogP contribution is -2.24. The maximum atomic E-state index is 12.1. The number of aliphatic hydroxyl groups is 1. The van der Waals surface area contributed by atoms with E-state index in [0.29, 0.717) is 31.0 Å². The third-order valence-electron chi connectivity index (χ3n) is 5.61. The van der Waals surface area contributed by atoms with E-state index in [9.17, 15) is 15.0 Å². The smallest absolute Gasteiger partial charge is 0.339 e. The van der Waals surface area contributed by atoms with Gasteiger partial charge in [-0.2, -0.15) is 0 Å². The summed E-state index contributed by atoms with van der Waals surface area (Å²) in [5.41, 5.74) is 3.67. The first-order chi connectivity index (χ1) is 16.6. The molecule has 0 saturated heterocycles. The van der Waals surface area contributed by atoms with Crippen molar-refractivity contribution in [3.63, 3.8) is 0 Å².